The summed E-state index contributed by atoms with van der Waals surface area (Å²) in [5, 5.41) is 8.18. The second kappa shape index (κ2) is 4.98. The number of nitrogens with zero attached hydrogens (tertiary/aromatic N) is 1. The number of carbonyl (C=O) groups is 1. The van der Waals surface area contributed by atoms with Gasteiger partial charge in [-0.15, -0.1) is 0 Å². The predicted molar refractivity (Wildman–Crippen MR) is 44.9 cm³/mol. The number of carboxylic acid groups (broad SMARTS) is 1. The zero-order chi connectivity index (χ0) is 15.9. The number of hydrogen-bond donors (Lipinski definition) is 1. The van der Waals surface area contributed by atoms with Crippen molar-refractivity contribution in [3.8, 4) is 0 Å². The van der Waals surface area contributed by atoms with Crippen LogP contribution < -0.4 is 0 Å². The first-order valence-electron chi connectivity index (χ1n) is 4.91. The molecule has 1 saturated heterocycles. The van der Waals surface area contributed by atoms with Crippen LogP contribution in [0.1, 0.15) is 0 Å². The van der Waals surface area contributed by atoms with E-state index in [1.165, 1.54) is 0 Å². The number of halogens is 8. The Bertz CT molecular complexity index is 357. The second-order valence-corrected chi connectivity index (χ2v) is 3.95. The number of carboxylic acids is 1. The number of aliphatic carboxylic acids is 1. The first-order chi connectivity index (χ1) is 8.76. The van der Waals surface area contributed by atoms with Gasteiger partial charge in [0, 0.05) is 13.1 Å². The highest BCUT2D eigenvalue weighted by molar-refractivity contribution is 5.74. The highest BCUT2D eigenvalue weighted by atomic mass is 19.4. The minimum absolute atomic E-state index is 0.713. The Labute approximate surface area is 105 Å². The van der Waals surface area contributed by atoms with Gasteiger partial charge in [-0.3, -0.25) is 0 Å². The summed E-state index contributed by atoms with van der Waals surface area (Å²) in [5.41, 5.74) is 0. The number of rotatable bonds is 2. The molecular weight excluding hydrogens is 310 g/mol. The van der Waals surface area contributed by atoms with Crippen molar-refractivity contribution in [3.63, 3.8) is 0 Å². The quantitative estimate of drug-likeness (QED) is 0.624. The molecule has 0 aromatic carbocycles. The summed E-state index contributed by atoms with van der Waals surface area (Å²) in [6, 6.07) is -4.86. The molecule has 0 spiro atoms. The molecule has 1 rings (SSSR count). The van der Waals surface area contributed by atoms with E-state index >= 15 is 0 Å². The molecule has 0 bridgehead atoms. The number of hydrogen-bond acceptors (Lipinski definition) is 3. The first kappa shape index (κ1) is 16.9. The van der Waals surface area contributed by atoms with Crippen LogP contribution >= 0.6 is 0 Å². The smallest absolute Gasteiger partial charge is 0.415 e. The van der Waals surface area contributed by atoms with Crippen LogP contribution in [-0.4, -0.2) is 59.7 Å². The zero-order valence-electron chi connectivity index (χ0n) is 9.30. The van der Waals surface area contributed by atoms with E-state index in [2.05, 4.69) is 4.74 Å². The summed E-state index contributed by atoms with van der Waals surface area (Å²) in [4.78, 5) is 9.52. The number of ether oxygens (including phenoxy) is 1. The summed E-state index contributed by atoms with van der Waals surface area (Å²) in [6.45, 7) is -3.43. The van der Waals surface area contributed by atoms with Crippen LogP contribution in [0.2, 0.25) is 0 Å². The van der Waals surface area contributed by atoms with Gasteiger partial charge in [0.15, 0.2) is 12.2 Å². The Morgan fingerprint density at radius 1 is 0.950 bits per heavy atom. The van der Waals surface area contributed by atoms with Crippen molar-refractivity contribution in [1.82, 2.24) is 4.90 Å². The van der Waals surface area contributed by atoms with Crippen molar-refractivity contribution in [1.29, 1.82) is 0 Å². The lowest BCUT2D eigenvalue weighted by Crippen LogP contribution is -2.63. The summed E-state index contributed by atoms with van der Waals surface area (Å²) in [7, 11) is 0. The molecule has 1 aliphatic heterocycles. The van der Waals surface area contributed by atoms with Crippen molar-refractivity contribution in [2.75, 3.05) is 13.1 Å². The largest absolute Gasteiger partial charge is 0.476 e. The molecule has 0 amide bonds. The highest BCUT2D eigenvalue weighted by Crippen LogP contribution is 2.36. The van der Waals surface area contributed by atoms with Crippen LogP contribution in [0.15, 0.2) is 0 Å². The number of alkyl halides is 8. The normalized spacial score (nSPS) is 26.6. The fraction of sp³-hybridized carbons (Fsp3) is 0.875. The maximum Gasteiger partial charge on any atom is 0.415 e. The molecule has 0 saturated carbocycles. The molecule has 0 aliphatic carbocycles. The van der Waals surface area contributed by atoms with Gasteiger partial charge in [-0.05, 0) is 0 Å². The fourth-order valence-electron chi connectivity index (χ4n) is 1.49. The molecule has 118 valence electrons. The summed E-state index contributed by atoms with van der Waals surface area (Å²) in [5.74, 6) is -2.85. The molecule has 2 atom stereocenters. The lowest BCUT2D eigenvalue weighted by atomic mass is 10.2. The molecular formula is C8H7F8NO3. The van der Waals surface area contributed by atoms with E-state index in [9.17, 15) is 39.9 Å². The van der Waals surface area contributed by atoms with Gasteiger partial charge in [-0.25, -0.2) is 9.69 Å². The van der Waals surface area contributed by atoms with E-state index in [1.54, 1.807) is 0 Å². The molecule has 0 unspecified atom stereocenters. The van der Waals surface area contributed by atoms with E-state index in [0.29, 0.717) is 0 Å². The Morgan fingerprint density at radius 2 is 1.30 bits per heavy atom. The fourth-order valence-corrected chi connectivity index (χ4v) is 1.49. The maximum absolute atomic E-state index is 13.1. The molecule has 12 heteroatoms. The minimum atomic E-state index is -5.34. The van der Waals surface area contributed by atoms with Crippen molar-refractivity contribution < 1.29 is 49.8 Å². The van der Waals surface area contributed by atoms with Crippen LogP contribution in [0.5, 0.6) is 0 Å². The predicted octanol–water partition coefficient (Wildman–Crippen LogP) is 1.86. The Hall–Kier alpha value is -1.17. The van der Waals surface area contributed by atoms with Crippen molar-refractivity contribution in [2.45, 2.75) is 30.6 Å². The van der Waals surface area contributed by atoms with E-state index in [0.717, 1.165) is 0 Å². The van der Waals surface area contributed by atoms with Crippen molar-refractivity contribution in [2.24, 2.45) is 0 Å². The van der Waals surface area contributed by atoms with E-state index in [4.69, 9.17) is 5.11 Å². The molecule has 20 heavy (non-hydrogen) atoms. The first-order valence-corrected chi connectivity index (χ1v) is 4.91. The van der Waals surface area contributed by atoms with Crippen LogP contribution in [-0.2, 0) is 9.53 Å². The molecule has 0 radical (unpaired) electrons. The SMILES string of the molecule is O=C(O)C(F)(F)N1C[C@H](C(F)(F)F)O[C@@H](C(F)(F)F)C1. The van der Waals surface area contributed by atoms with E-state index in [1.807, 2.05) is 0 Å². The third-order valence-electron chi connectivity index (χ3n) is 2.49. The monoisotopic (exact) mass is 317 g/mol. The van der Waals surface area contributed by atoms with Gasteiger partial charge >= 0.3 is 24.4 Å². The standard InChI is InChI=1S/C8H7F8NO3/c9-6(10,11)3-1-17(8(15,16)5(18)19)2-4(20-3)7(12,13)14/h3-4H,1-2H2,(H,18,19)/t3-,4-/m1/s1. The average molecular weight is 317 g/mol. The van der Waals surface area contributed by atoms with Gasteiger partial charge in [-0.2, -0.15) is 35.1 Å². The molecule has 1 fully saturated rings. The van der Waals surface area contributed by atoms with E-state index in [-0.39, 0.29) is 0 Å². The number of morpholine rings is 1. The van der Waals surface area contributed by atoms with Gasteiger partial charge < -0.3 is 9.84 Å². The third-order valence-corrected chi connectivity index (χ3v) is 2.49. The van der Waals surface area contributed by atoms with Gasteiger partial charge in [0.25, 0.3) is 0 Å². The third kappa shape index (κ3) is 3.48. The summed E-state index contributed by atoms with van der Waals surface area (Å²) in [6.07, 6.45) is -17.0. The zero-order valence-corrected chi connectivity index (χ0v) is 9.30. The molecule has 4 nitrogen and oxygen atoms in total. The van der Waals surface area contributed by atoms with Gasteiger partial charge in [-0.1, -0.05) is 0 Å². The minimum Gasteiger partial charge on any atom is -0.476 e. The summed E-state index contributed by atoms with van der Waals surface area (Å²) < 4.78 is 104. The lowest BCUT2D eigenvalue weighted by Gasteiger charge is -2.40. The van der Waals surface area contributed by atoms with Crippen LogP contribution in [0.4, 0.5) is 35.1 Å². The van der Waals surface area contributed by atoms with Crippen LogP contribution in [0, 0.1) is 0 Å². The van der Waals surface area contributed by atoms with E-state index < -0.39 is 54.6 Å². The highest BCUT2D eigenvalue weighted by Gasteiger charge is 2.58. The van der Waals surface area contributed by atoms with Crippen molar-refractivity contribution >= 4 is 5.97 Å². The Morgan fingerprint density at radius 3 is 1.55 bits per heavy atom. The second-order valence-electron chi connectivity index (χ2n) is 3.95. The average Bonchev–Trinajstić information content (AvgIpc) is 2.25. The van der Waals surface area contributed by atoms with Crippen LogP contribution in [0.25, 0.3) is 0 Å². The molecule has 1 aliphatic rings. The molecule has 0 aromatic heterocycles. The lowest BCUT2D eigenvalue weighted by molar-refractivity contribution is -0.324. The summed E-state index contributed by atoms with van der Waals surface area (Å²) >= 11 is 0. The maximum atomic E-state index is 13.1. The molecule has 1 heterocycles. The Kier molecular flexibility index (Phi) is 4.21. The van der Waals surface area contributed by atoms with Gasteiger partial charge in [0.05, 0.1) is 0 Å². The Balaban J connectivity index is 3.06. The van der Waals surface area contributed by atoms with Crippen molar-refractivity contribution in [3.05, 3.63) is 0 Å². The molecule has 0 aromatic rings. The van der Waals surface area contributed by atoms with Gasteiger partial charge in [0.2, 0.25) is 0 Å². The molecule has 1 N–H and O–H groups in total. The topological polar surface area (TPSA) is 49.8 Å². The van der Waals surface area contributed by atoms with Gasteiger partial charge in [0.1, 0.15) is 0 Å². The van der Waals surface area contributed by atoms with Crippen LogP contribution in [0.3, 0.4) is 0 Å².